The average Bonchev–Trinajstić information content (AvgIpc) is 2.17. The molecule has 0 aliphatic carbocycles. The van der Waals surface area contributed by atoms with Crippen molar-refractivity contribution < 1.29 is 4.79 Å². The molecule has 2 amide bonds. The highest BCUT2D eigenvalue weighted by Crippen LogP contribution is 2.11. The second-order valence-corrected chi connectivity index (χ2v) is 3.65. The summed E-state index contributed by atoms with van der Waals surface area (Å²) >= 11 is 0. The van der Waals surface area contributed by atoms with Crippen LogP contribution in [-0.4, -0.2) is 24.0 Å². The van der Waals surface area contributed by atoms with Gasteiger partial charge >= 0.3 is 6.03 Å². The predicted octanol–water partition coefficient (Wildman–Crippen LogP) is 1.89. The first-order chi connectivity index (χ1) is 6.20. The van der Waals surface area contributed by atoms with Crippen LogP contribution in [0.15, 0.2) is 11.6 Å². The summed E-state index contributed by atoms with van der Waals surface area (Å²) in [4.78, 5) is 12.7. The summed E-state index contributed by atoms with van der Waals surface area (Å²) in [6.07, 6.45) is 6.76. The van der Waals surface area contributed by atoms with Gasteiger partial charge in [0, 0.05) is 13.1 Å². The minimum atomic E-state index is -0.300. The molecule has 0 unspecified atom stereocenters. The molecular weight excluding hydrogens is 164 g/mol. The maximum atomic E-state index is 11.0. The van der Waals surface area contributed by atoms with Crippen LogP contribution in [0.4, 0.5) is 4.79 Å². The van der Waals surface area contributed by atoms with Crippen LogP contribution in [-0.2, 0) is 0 Å². The van der Waals surface area contributed by atoms with E-state index in [1.807, 2.05) is 0 Å². The first kappa shape index (κ1) is 10.1. The Hall–Kier alpha value is -0.990. The number of nitrogens with two attached hydrogens (primary N) is 1. The van der Waals surface area contributed by atoms with Crippen molar-refractivity contribution in [1.82, 2.24) is 4.90 Å². The zero-order chi connectivity index (χ0) is 9.68. The number of rotatable bonds is 0. The molecular formula is C10H18N2O. The van der Waals surface area contributed by atoms with E-state index in [2.05, 4.69) is 13.0 Å². The molecule has 0 aromatic rings. The van der Waals surface area contributed by atoms with Gasteiger partial charge in [0.2, 0.25) is 0 Å². The van der Waals surface area contributed by atoms with Crippen LogP contribution < -0.4 is 5.73 Å². The number of urea groups is 1. The van der Waals surface area contributed by atoms with Gasteiger partial charge in [-0.25, -0.2) is 4.79 Å². The second kappa shape index (κ2) is 4.90. The Balaban J connectivity index is 2.55. The molecule has 0 bridgehead atoms. The van der Waals surface area contributed by atoms with Gasteiger partial charge in [-0.2, -0.15) is 0 Å². The fourth-order valence-corrected chi connectivity index (χ4v) is 1.54. The van der Waals surface area contributed by atoms with Crippen molar-refractivity contribution in [2.45, 2.75) is 32.6 Å². The van der Waals surface area contributed by atoms with E-state index < -0.39 is 0 Å². The normalized spacial score (nSPS) is 23.8. The Bertz CT molecular complexity index is 211. The molecule has 1 aliphatic heterocycles. The lowest BCUT2D eigenvalue weighted by molar-refractivity contribution is 0.212. The minimum absolute atomic E-state index is 0.300. The van der Waals surface area contributed by atoms with Gasteiger partial charge in [-0.1, -0.05) is 18.1 Å². The average molecular weight is 182 g/mol. The summed E-state index contributed by atoms with van der Waals surface area (Å²) in [5.74, 6) is 0. The zero-order valence-corrected chi connectivity index (χ0v) is 8.25. The van der Waals surface area contributed by atoms with Crippen molar-refractivity contribution in [2.75, 3.05) is 13.1 Å². The molecule has 0 saturated heterocycles. The molecule has 1 rings (SSSR count). The van der Waals surface area contributed by atoms with Crippen LogP contribution >= 0.6 is 0 Å². The van der Waals surface area contributed by atoms with Gasteiger partial charge in [0.25, 0.3) is 0 Å². The number of primary amides is 1. The van der Waals surface area contributed by atoms with E-state index in [1.165, 1.54) is 18.4 Å². The van der Waals surface area contributed by atoms with Gasteiger partial charge in [0.05, 0.1) is 0 Å². The number of hydrogen-bond acceptors (Lipinski definition) is 1. The summed E-state index contributed by atoms with van der Waals surface area (Å²) in [7, 11) is 0. The Morgan fingerprint density at radius 2 is 2.23 bits per heavy atom. The summed E-state index contributed by atoms with van der Waals surface area (Å²) in [5, 5.41) is 0. The van der Waals surface area contributed by atoms with Crippen molar-refractivity contribution in [3.8, 4) is 0 Å². The standard InChI is InChI=1S/C10H18N2O/c1-9-5-3-2-4-7-12(8-6-9)10(11)13/h6H,2-5,7-8H2,1H3,(H2,11,13)/b9-6+. The Labute approximate surface area is 79.6 Å². The topological polar surface area (TPSA) is 46.3 Å². The summed E-state index contributed by atoms with van der Waals surface area (Å²) < 4.78 is 0. The molecule has 1 aliphatic rings. The van der Waals surface area contributed by atoms with Crippen molar-refractivity contribution in [3.63, 3.8) is 0 Å². The van der Waals surface area contributed by atoms with E-state index in [0.717, 1.165) is 19.4 Å². The van der Waals surface area contributed by atoms with Crippen LogP contribution in [0.3, 0.4) is 0 Å². The van der Waals surface area contributed by atoms with Gasteiger partial charge in [0.15, 0.2) is 0 Å². The number of nitrogens with zero attached hydrogens (tertiary/aromatic N) is 1. The molecule has 0 radical (unpaired) electrons. The number of carbonyl (C=O) groups is 1. The highest BCUT2D eigenvalue weighted by Gasteiger charge is 2.08. The SMILES string of the molecule is C/C1=C\CN(C(N)=O)CCCCC1. The van der Waals surface area contributed by atoms with Crippen LogP contribution in [0.5, 0.6) is 0 Å². The molecule has 0 aromatic carbocycles. The van der Waals surface area contributed by atoms with E-state index in [-0.39, 0.29) is 6.03 Å². The Morgan fingerprint density at radius 3 is 2.92 bits per heavy atom. The molecule has 13 heavy (non-hydrogen) atoms. The van der Waals surface area contributed by atoms with Crippen molar-refractivity contribution >= 4 is 6.03 Å². The fourth-order valence-electron chi connectivity index (χ4n) is 1.54. The van der Waals surface area contributed by atoms with Crippen LogP contribution in [0, 0.1) is 0 Å². The number of carbonyl (C=O) groups excluding carboxylic acids is 1. The predicted molar refractivity (Wildman–Crippen MR) is 53.4 cm³/mol. The van der Waals surface area contributed by atoms with Gasteiger partial charge in [-0.3, -0.25) is 0 Å². The van der Waals surface area contributed by atoms with Gasteiger partial charge < -0.3 is 10.6 Å². The molecule has 0 fully saturated rings. The summed E-state index contributed by atoms with van der Waals surface area (Å²) in [6.45, 7) is 3.60. The maximum absolute atomic E-state index is 11.0. The van der Waals surface area contributed by atoms with Crippen molar-refractivity contribution in [1.29, 1.82) is 0 Å². The third kappa shape index (κ3) is 3.49. The molecule has 1 heterocycles. The molecule has 0 aromatic heterocycles. The smallest absolute Gasteiger partial charge is 0.315 e. The lowest BCUT2D eigenvalue weighted by atomic mass is 10.1. The fraction of sp³-hybridized carbons (Fsp3) is 0.700. The molecule has 2 N–H and O–H groups in total. The van der Waals surface area contributed by atoms with E-state index in [1.54, 1.807) is 4.90 Å². The van der Waals surface area contributed by atoms with E-state index in [0.29, 0.717) is 6.54 Å². The van der Waals surface area contributed by atoms with Crippen LogP contribution in [0.1, 0.15) is 32.6 Å². The highest BCUT2D eigenvalue weighted by molar-refractivity contribution is 5.72. The Kier molecular flexibility index (Phi) is 3.80. The molecule has 0 spiro atoms. The van der Waals surface area contributed by atoms with Crippen LogP contribution in [0.25, 0.3) is 0 Å². The lowest BCUT2D eigenvalue weighted by Gasteiger charge is -2.17. The van der Waals surface area contributed by atoms with Gasteiger partial charge in [-0.05, 0) is 26.2 Å². The molecule has 3 heteroatoms. The third-order valence-electron chi connectivity index (χ3n) is 2.47. The highest BCUT2D eigenvalue weighted by atomic mass is 16.2. The first-order valence-corrected chi connectivity index (χ1v) is 4.90. The Morgan fingerprint density at radius 1 is 1.46 bits per heavy atom. The zero-order valence-electron chi connectivity index (χ0n) is 8.25. The number of hydrogen-bond donors (Lipinski definition) is 1. The largest absolute Gasteiger partial charge is 0.351 e. The molecule has 0 atom stereocenters. The van der Waals surface area contributed by atoms with Gasteiger partial charge in [-0.15, -0.1) is 0 Å². The third-order valence-corrected chi connectivity index (χ3v) is 2.47. The number of amides is 2. The van der Waals surface area contributed by atoms with Crippen LogP contribution in [0.2, 0.25) is 0 Å². The lowest BCUT2D eigenvalue weighted by Crippen LogP contribution is -2.36. The minimum Gasteiger partial charge on any atom is -0.351 e. The second-order valence-electron chi connectivity index (χ2n) is 3.65. The van der Waals surface area contributed by atoms with Crippen molar-refractivity contribution in [3.05, 3.63) is 11.6 Å². The first-order valence-electron chi connectivity index (χ1n) is 4.90. The van der Waals surface area contributed by atoms with E-state index in [4.69, 9.17) is 5.73 Å². The number of allylic oxidation sites excluding steroid dienone is 1. The quantitative estimate of drug-likeness (QED) is 0.571. The maximum Gasteiger partial charge on any atom is 0.315 e. The molecule has 0 saturated carbocycles. The monoisotopic (exact) mass is 182 g/mol. The van der Waals surface area contributed by atoms with Gasteiger partial charge in [0.1, 0.15) is 0 Å². The van der Waals surface area contributed by atoms with Crippen molar-refractivity contribution in [2.24, 2.45) is 5.73 Å². The van der Waals surface area contributed by atoms with E-state index >= 15 is 0 Å². The molecule has 3 nitrogen and oxygen atoms in total. The summed E-state index contributed by atoms with van der Waals surface area (Å²) in [6, 6.07) is -0.300. The van der Waals surface area contributed by atoms with E-state index in [9.17, 15) is 4.79 Å². The summed E-state index contributed by atoms with van der Waals surface area (Å²) in [5.41, 5.74) is 6.61. The molecule has 74 valence electrons.